The maximum Gasteiger partial charge on any atom is 0.326 e. The molecule has 2 atom stereocenters. The van der Waals surface area contributed by atoms with Crippen LogP contribution >= 0.6 is 0 Å². The molecule has 2 N–H and O–H groups in total. The number of benzene rings is 2. The summed E-state index contributed by atoms with van der Waals surface area (Å²) in [6.45, 7) is 2.28. The smallest absolute Gasteiger partial charge is 0.326 e. The zero-order valence-electron chi connectivity index (χ0n) is 17.8. The van der Waals surface area contributed by atoms with Crippen LogP contribution in [0.15, 0.2) is 54.6 Å². The fourth-order valence-corrected chi connectivity index (χ4v) is 3.57. The highest BCUT2D eigenvalue weighted by Gasteiger charge is 2.51. The summed E-state index contributed by atoms with van der Waals surface area (Å²) in [5.74, 6) is -2.40. The number of imide groups is 1. The van der Waals surface area contributed by atoms with Crippen molar-refractivity contribution in [2.45, 2.75) is 31.8 Å². The molecule has 1 aliphatic rings. The second-order valence-electron chi connectivity index (χ2n) is 7.45. The lowest BCUT2D eigenvalue weighted by Gasteiger charge is -2.25. The van der Waals surface area contributed by atoms with E-state index in [0.29, 0.717) is 17.5 Å². The number of nitrogens with one attached hydrogen (secondary N) is 2. The summed E-state index contributed by atoms with van der Waals surface area (Å²) >= 11 is 0. The molecular weight excluding hydrogens is 417 g/mol. The molecule has 0 saturated carbocycles. The third-order valence-corrected chi connectivity index (χ3v) is 5.37. The fraction of sp³-hybridized carbons (Fsp3) is 0.304. The number of halogens is 1. The van der Waals surface area contributed by atoms with E-state index >= 15 is 0 Å². The average molecular weight is 441 g/mol. The Kier molecular flexibility index (Phi) is 6.87. The Hall–Kier alpha value is -3.75. The lowest BCUT2D eigenvalue weighted by Crippen LogP contribution is -2.44. The first-order valence-corrected chi connectivity index (χ1v) is 10.2. The van der Waals surface area contributed by atoms with Crippen LogP contribution < -0.4 is 10.6 Å². The lowest BCUT2D eigenvalue weighted by molar-refractivity contribution is -0.151. The molecule has 9 heteroatoms. The fourth-order valence-electron chi connectivity index (χ4n) is 3.57. The van der Waals surface area contributed by atoms with Gasteiger partial charge >= 0.3 is 12.0 Å². The molecule has 0 aromatic heterocycles. The maximum atomic E-state index is 13.0. The average Bonchev–Trinajstić information content (AvgIpc) is 3.03. The van der Waals surface area contributed by atoms with Crippen LogP contribution in [-0.4, -0.2) is 41.9 Å². The first-order chi connectivity index (χ1) is 15.3. The van der Waals surface area contributed by atoms with Crippen molar-refractivity contribution in [3.8, 4) is 0 Å². The van der Waals surface area contributed by atoms with Gasteiger partial charge in [0, 0.05) is 0 Å². The molecule has 2 aromatic carbocycles. The maximum absolute atomic E-state index is 13.0. The van der Waals surface area contributed by atoms with Gasteiger partial charge in [0.2, 0.25) is 0 Å². The molecule has 0 bridgehead atoms. The highest BCUT2D eigenvalue weighted by Crippen LogP contribution is 2.32. The summed E-state index contributed by atoms with van der Waals surface area (Å²) in [6, 6.07) is 13.3. The van der Waals surface area contributed by atoms with Gasteiger partial charge in [-0.2, -0.15) is 0 Å². The van der Waals surface area contributed by atoms with Gasteiger partial charge < -0.3 is 15.4 Å². The van der Waals surface area contributed by atoms with Gasteiger partial charge in [-0.1, -0.05) is 49.4 Å². The molecule has 0 spiro atoms. The Morgan fingerprint density at radius 1 is 1.12 bits per heavy atom. The number of carbonyl (C=O) groups excluding carboxylic acids is 4. The van der Waals surface area contributed by atoms with Gasteiger partial charge in [0.05, 0.1) is 6.04 Å². The number of carbonyl (C=O) groups is 4. The molecule has 0 radical (unpaired) electrons. The van der Waals surface area contributed by atoms with Gasteiger partial charge in [0.1, 0.15) is 17.9 Å². The van der Waals surface area contributed by atoms with Gasteiger partial charge in [-0.15, -0.1) is 0 Å². The van der Waals surface area contributed by atoms with Crippen LogP contribution in [-0.2, 0) is 24.7 Å². The molecule has 32 heavy (non-hydrogen) atoms. The Labute approximate surface area is 184 Å². The lowest BCUT2D eigenvalue weighted by atomic mass is 9.87. The third kappa shape index (κ3) is 4.77. The van der Waals surface area contributed by atoms with E-state index in [1.165, 1.54) is 24.3 Å². The van der Waals surface area contributed by atoms with Crippen molar-refractivity contribution in [3.05, 3.63) is 71.5 Å². The molecule has 1 fully saturated rings. The van der Waals surface area contributed by atoms with Crippen molar-refractivity contribution in [1.29, 1.82) is 0 Å². The molecule has 168 valence electrons. The Morgan fingerprint density at radius 3 is 2.41 bits per heavy atom. The highest BCUT2D eigenvalue weighted by atomic mass is 19.1. The number of rotatable bonds is 8. The van der Waals surface area contributed by atoms with Crippen LogP contribution in [0.1, 0.15) is 37.4 Å². The van der Waals surface area contributed by atoms with Gasteiger partial charge in [-0.25, -0.2) is 9.18 Å². The minimum Gasteiger partial charge on any atom is -0.454 e. The Bertz CT molecular complexity index is 1010. The molecule has 3 rings (SSSR count). The van der Waals surface area contributed by atoms with Gasteiger partial charge in [0.25, 0.3) is 11.8 Å². The van der Waals surface area contributed by atoms with Gasteiger partial charge in [0.15, 0.2) is 6.61 Å². The topological polar surface area (TPSA) is 105 Å². The number of amides is 4. The molecule has 1 aliphatic heterocycles. The zero-order valence-corrected chi connectivity index (χ0v) is 17.8. The first-order valence-electron chi connectivity index (χ1n) is 10.2. The van der Waals surface area contributed by atoms with Crippen molar-refractivity contribution < 1.29 is 28.3 Å². The SMILES string of the molecule is CC[C@@]1(c2ccccc2)NC(=O)N(CC(=O)OCC(=O)N[C@@H](C)c2ccc(F)cc2)C1=O. The van der Waals surface area contributed by atoms with Crippen molar-refractivity contribution in [2.75, 3.05) is 13.2 Å². The van der Waals surface area contributed by atoms with Crippen molar-refractivity contribution in [3.63, 3.8) is 0 Å². The van der Waals surface area contributed by atoms with E-state index in [1.807, 2.05) is 0 Å². The van der Waals surface area contributed by atoms with Crippen LogP contribution in [0.25, 0.3) is 0 Å². The van der Waals surface area contributed by atoms with E-state index in [1.54, 1.807) is 44.2 Å². The number of hydrogen-bond donors (Lipinski definition) is 2. The number of esters is 1. The summed E-state index contributed by atoms with van der Waals surface area (Å²) in [5, 5.41) is 5.30. The standard InChI is InChI=1S/C23H24FN3O5/c1-3-23(17-7-5-4-6-8-17)21(30)27(22(31)26-23)13-20(29)32-14-19(28)25-15(2)16-9-11-18(24)12-10-16/h4-12,15H,3,13-14H2,1-2H3,(H,25,28)(H,26,31)/t15-,23-/m0/s1. The van der Waals surface area contributed by atoms with Crippen LogP contribution in [0.2, 0.25) is 0 Å². The molecule has 8 nitrogen and oxygen atoms in total. The van der Waals surface area contributed by atoms with Crippen LogP contribution in [0.4, 0.5) is 9.18 Å². The van der Waals surface area contributed by atoms with Crippen molar-refractivity contribution in [2.24, 2.45) is 0 Å². The third-order valence-electron chi connectivity index (χ3n) is 5.37. The summed E-state index contributed by atoms with van der Waals surface area (Å²) in [4.78, 5) is 50.5. The second-order valence-corrected chi connectivity index (χ2v) is 7.45. The van der Waals surface area contributed by atoms with E-state index in [2.05, 4.69) is 10.6 Å². The second kappa shape index (κ2) is 9.59. The number of urea groups is 1. The summed E-state index contributed by atoms with van der Waals surface area (Å²) < 4.78 is 18.0. The molecular formula is C23H24FN3O5. The van der Waals surface area contributed by atoms with Crippen LogP contribution in [0.3, 0.4) is 0 Å². The Morgan fingerprint density at radius 2 is 1.78 bits per heavy atom. The molecule has 1 heterocycles. The van der Waals surface area contributed by atoms with Crippen LogP contribution in [0.5, 0.6) is 0 Å². The van der Waals surface area contributed by atoms with E-state index < -0.39 is 48.5 Å². The minimum absolute atomic E-state index is 0.302. The van der Waals surface area contributed by atoms with Crippen molar-refractivity contribution >= 4 is 23.8 Å². The van der Waals surface area contributed by atoms with Crippen LogP contribution in [0, 0.1) is 5.82 Å². The molecule has 2 aromatic rings. The normalized spacial score (nSPS) is 18.8. The molecule has 0 unspecified atom stereocenters. The zero-order chi connectivity index (χ0) is 23.3. The van der Waals surface area contributed by atoms with Gasteiger partial charge in [-0.3, -0.25) is 19.3 Å². The van der Waals surface area contributed by atoms with E-state index in [9.17, 15) is 23.6 Å². The summed E-state index contributed by atoms with van der Waals surface area (Å²) in [5.41, 5.74) is 0.0498. The van der Waals surface area contributed by atoms with E-state index in [-0.39, 0.29) is 5.82 Å². The van der Waals surface area contributed by atoms with Gasteiger partial charge in [-0.05, 0) is 36.6 Å². The minimum atomic E-state index is -1.25. The predicted octanol–water partition coefficient (Wildman–Crippen LogP) is 2.40. The summed E-state index contributed by atoms with van der Waals surface area (Å²) in [6.07, 6.45) is 0.302. The number of hydrogen-bond acceptors (Lipinski definition) is 5. The Balaban J connectivity index is 1.55. The highest BCUT2D eigenvalue weighted by molar-refractivity contribution is 6.09. The summed E-state index contributed by atoms with van der Waals surface area (Å²) in [7, 11) is 0. The van der Waals surface area contributed by atoms with E-state index in [4.69, 9.17) is 4.74 Å². The molecule has 0 aliphatic carbocycles. The largest absolute Gasteiger partial charge is 0.454 e. The molecule has 4 amide bonds. The number of ether oxygens (including phenoxy) is 1. The first kappa shape index (κ1) is 22.9. The van der Waals surface area contributed by atoms with E-state index in [0.717, 1.165) is 4.90 Å². The predicted molar refractivity (Wildman–Crippen MR) is 113 cm³/mol. The number of nitrogens with zero attached hydrogens (tertiary/aromatic N) is 1. The monoisotopic (exact) mass is 441 g/mol. The van der Waals surface area contributed by atoms with Crippen molar-refractivity contribution in [1.82, 2.24) is 15.5 Å². The quantitative estimate of drug-likeness (QED) is 0.484. The molecule has 1 saturated heterocycles.